The Morgan fingerprint density at radius 2 is 1.78 bits per heavy atom. The normalized spacial score (nSPS) is 25.3. The van der Waals surface area contributed by atoms with Gasteiger partial charge in [-0.1, -0.05) is 24.3 Å². The minimum absolute atomic E-state index is 0.157. The van der Waals surface area contributed by atoms with Gasteiger partial charge in [0, 0.05) is 18.4 Å². The molecule has 120 valence electrons. The maximum atomic E-state index is 12.8. The number of aliphatic hydroxyl groups is 1. The molecule has 4 rings (SSSR count). The smallest absolute Gasteiger partial charge is 0.231 e. The van der Waals surface area contributed by atoms with Crippen LogP contribution < -0.4 is 9.47 Å². The average molecular weight is 332 g/mol. The molecule has 0 bridgehead atoms. The van der Waals surface area contributed by atoms with Crippen molar-refractivity contribution in [1.29, 1.82) is 0 Å². The number of benzene rings is 2. The quantitative estimate of drug-likeness (QED) is 0.927. The number of sulfone groups is 1. The van der Waals surface area contributed by atoms with Crippen LogP contribution in [0.2, 0.25) is 0 Å². The van der Waals surface area contributed by atoms with Crippen LogP contribution in [0.5, 0.6) is 11.5 Å². The summed E-state index contributed by atoms with van der Waals surface area (Å²) in [5, 5.41) is 8.99. The van der Waals surface area contributed by atoms with E-state index >= 15 is 0 Å². The van der Waals surface area contributed by atoms with Crippen molar-refractivity contribution in [3.05, 3.63) is 54.1 Å². The Hall–Kier alpha value is -2.05. The number of aliphatic hydroxyl groups excluding tert-OH is 1. The summed E-state index contributed by atoms with van der Waals surface area (Å²) in [5.74, 6) is 0.777. The summed E-state index contributed by atoms with van der Waals surface area (Å²) in [6.07, 6.45) is 0. The Morgan fingerprint density at radius 1 is 1.04 bits per heavy atom. The van der Waals surface area contributed by atoms with Crippen molar-refractivity contribution < 1.29 is 23.0 Å². The van der Waals surface area contributed by atoms with E-state index in [0.29, 0.717) is 16.4 Å². The minimum atomic E-state index is -3.47. The third-order valence-electron chi connectivity index (χ3n) is 4.52. The Labute approximate surface area is 134 Å². The third-order valence-corrected chi connectivity index (χ3v) is 6.81. The van der Waals surface area contributed by atoms with Gasteiger partial charge in [0.2, 0.25) is 6.79 Å². The van der Waals surface area contributed by atoms with E-state index in [1.54, 1.807) is 36.4 Å². The summed E-state index contributed by atoms with van der Waals surface area (Å²) in [5.41, 5.74) is 0.859. The Kier molecular flexibility index (Phi) is 3.32. The van der Waals surface area contributed by atoms with Crippen molar-refractivity contribution in [2.24, 2.45) is 5.92 Å². The molecule has 2 aromatic carbocycles. The molecule has 0 saturated heterocycles. The van der Waals surface area contributed by atoms with E-state index in [-0.39, 0.29) is 25.2 Å². The second-order valence-electron chi connectivity index (χ2n) is 5.81. The number of hydrogen-bond donors (Lipinski definition) is 1. The lowest BCUT2D eigenvalue weighted by atomic mass is 10.1. The minimum Gasteiger partial charge on any atom is -0.454 e. The summed E-state index contributed by atoms with van der Waals surface area (Å²) in [4.78, 5) is 0.298. The van der Waals surface area contributed by atoms with Crippen molar-refractivity contribution in [3.63, 3.8) is 0 Å². The highest BCUT2D eigenvalue weighted by Crippen LogP contribution is 2.54. The van der Waals surface area contributed by atoms with Crippen molar-refractivity contribution in [1.82, 2.24) is 0 Å². The highest BCUT2D eigenvalue weighted by Gasteiger charge is 2.58. The van der Waals surface area contributed by atoms with Crippen molar-refractivity contribution in [3.8, 4) is 11.5 Å². The molecule has 23 heavy (non-hydrogen) atoms. The van der Waals surface area contributed by atoms with Gasteiger partial charge < -0.3 is 14.6 Å². The molecular formula is C17H16O5S. The zero-order valence-corrected chi connectivity index (χ0v) is 13.1. The highest BCUT2D eigenvalue weighted by molar-refractivity contribution is 7.92. The number of ether oxygens (including phenoxy) is 2. The lowest BCUT2D eigenvalue weighted by Crippen LogP contribution is -2.11. The summed E-state index contributed by atoms with van der Waals surface area (Å²) in [7, 11) is -3.47. The molecule has 5 nitrogen and oxygen atoms in total. The number of fused-ring (bicyclic) bond motifs is 1. The fourth-order valence-corrected chi connectivity index (χ4v) is 5.53. The Bertz CT molecular complexity index is 831. The van der Waals surface area contributed by atoms with Crippen LogP contribution in [0.1, 0.15) is 11.5 Å². The van der Waals surface area contributed by atoms with Gasteiger partial charge in [0.05, 0.1) is 10.1 Å². The summed E-state index contributed by atoms with van der Waals surface area (Å²) in [6, 6.07) is 13.8. The second-order valence-corrected chi connectivity index (χ2v) is 7.91. The maximum Gasteiger partial charge on any atom is 0.231 e. The zero-order valence-electron chi connectivity index (χ0n) is 12.3. The van der Waals surface area contributed by atoms with E-state index in [1.165, 1.54) is 0 Å². The van der Waals surface area contributed by atoms with Crippen LogP contribution in [0, 0.1) is 5.92 Å². The summed E-state index contributed by atoms with van der Waals surface area (Å²) < 4.78 is 36.3. The molecule has 1 aliphatic heterocycles. The van der Waals surface area contributed by atoms with E-state index in [4.69, 9.17) is 9.47 Å². The molecule has 2 aromatic rings. The molecule has 2 aliphatic rings. The Morgan fingerprint density at radius 3 is 2.52 bits per heavy atom. The van der Waals surface area contributed by atoms with Gasteiger partial charge in [-0.2, -0.15) is 0 Å². The van der Waals surface area contributed by atoms with Gasteiger partial charge in [0.1, 0.15) is 0 Å². The van der Waals surface area contributed by atoms with Crippen LogP contribution >= 0.6 is 0 Å². The molecular weight excluding hydrogens is 316 g/mol. The van der Waals surface area contributed by atoms with Crippen LogP contribution in [0.4, 0.5) is 0 Å². The standard InChI is InChI=1S/C17H16O5S/c18-9-13-16(11-6-7-14-15(8-11)22-10-21-14)17(13)23(19,20)12-4-2-1-3-5-12/h1-8,13,16-18H,9-10H2/t13-,16-,17+/m0/s1. The fraction of sp³-hybridized carbons (Fsp3) is 0.294. The van der Waals surface area contributed by atoms with Crippen molar-refractivity contribution >= 4 is 9.84 Å². The topological polar surface area (TPSA) is 72.8 Å². The lowest BCUT2D eigenvalue weighted by molar-refractivity contribution is 0.174. The first-order valence-electron chi connectivity index (χ1n) is 7.42. The predicted molar refractivity (Wildman–Crippen MR) is 83.3 cm³/mol. The van der Waals surface area contributed by atoms with Crippen molar-refractivity contribution in [2.45, 2.75) is 16.1 Å². The van der Waals surface area contributed by atoms with E-state index in [1.807, 2.05) is 12.1 Å². The van der Waals surface area contributed by atoms with E-state index in [0.717, 1.165) is 5.56 Å². The SMILES string of the molecule is O=S(=O)(c1ccccc1)[C@@H]1[C@@H](CO)[C@@H]1c1ccc2c(c1)OCO2. The molecule has 1 heterocycles. The summed E-state index contributed by atoms with van der Waals surface area (Å²) >= 11 is 0. The third kappa shape index (κ3) is 2.29. The largest absolute Gasteiger partial charge is 0.454 e. The van der Waals surface area contributed by atoms with Gasteiger partial charge in [0.15, 0.2) is 21.3 Å². The van der Waals surface area contributed by atoms with Crippen LogP contribution in [-0.4, -0.2) is 32.2 Å². The Balaban J connectivity index is 1.68. The molecule has 1 saturated carbocycles. The van der Waals surface area contributed by atoms with E-state index in [2.05, 4.69) is 0 Å². The van der Waals surface area contributed by atoms with Crippen LogP contribution in [0.15, 0.2) is 53.4 Å². The van der Waals surface area contributed by atoms with E-state index in [9.17, 15) is 13.5 Å². The monoisotopic (exact) mass is 332 g/mol. The molecule has 0 unspecified atom stereocenters. The van der Waals surface area contributed by atoms with Gasteiger partial charge >= 0.3 is 0 Å². The first-order valence-corrected chi connectivity index (χ1v) is 8.97. The molecule has 3 atom stereocenters. The molecule has 0 amide bonds. The van der Waals surface area contributed by atoms with Gasteiger partial charge in [-0.15, -0.1) is 0 Å². The van der Waals surface area contributed by atoms with E-state index < -0.39 is 15.1 Å². The first-order chi connectivity index (χ1) is 11.1. The average Bonchev–Trinajstić information content (AvgIpc) is 3.15. The van der Waals surface area contributed by atoms with Crippen LogP contribution in [0.3, 0.4) is 0 Å². The molecule has 0 spiro atoms. The molecule has 1 aliphatic carbocycles. The molecule has 1 N–H and O–H groups in total. The lowest BCUT2D eigenvalue weighted by Gasteiger charge is -2.05. The van der Waals surface area contributed by atoms with Crippen molar-refractivity contribution in [2.75, 3.05) is 13.4 Å². The van der Waals surface area contributed by atoms with Gasteiger partial charge in [-0.25, -0.2) is 8.42 Å². The predicted octanol–water partition coefficient (Wildman–Crippen LogP) is 1.96. The molecule has 0 radical (unpaired) electrons. The first kappa shape index (κ1) is 14.5. The fourth-order valence-electron chi connectivity index (χ4n) is 3.31. The number of hydrogen-bond acceptors (Lipinski definition) is 5. The van der Waals surface area contributed by atoms with Gasteiger partial charge in [0.25, 0.3) is 0 Å². The zero-order chi connectivity index (χ0) is 16.0. The molecule has 0 aromatic heterocycles. The number of rotatable bonds is 4. The second kappa shape index (κ2) is 5.25. The molecule has 6 heteroatoms. The van der Waals surface area contributed by atoms with Crippen LogP contribution in [0.25, 0.3) is 0 Å². The van der Waals surface area contributed by atoms with Crippen LogP contribution in [-0.2, 0) is 9.84 Å². The summed E-state index contributed by atoms with van der Waals surface area (Å²) in [6.45, 7) is 0.0223. The maximum absolute atomic E-state index is 12.8. The molecule has 1 fully saturated rings. The van der Waals surface area contributed by atoms with Gasteiger partial charge in [-0.3, -0.25) is 0 Å². The van der Waals surface area contributed by atoms with Gasteiger partial charge in [-0.05, 0) is 29.8 Å². The highest BCUT2D eigenvalue weighted by atomic mass is 32.2.